The molecular weight excluding hydrogens is 308 g/mol. The fourth-order valence-electron chi connectivity index (χ4n) is 2.82. The number of likely N-dealkylation sites (N-methyl/N-ethyl adjacent to an activating group) is 1. The Hall–Kier alpha value is -2.38. The molecule has 7 heteroatoms. The van der Waals surface area contributed by atoms with Gasteiger partial charge in [0.25, 0.3) is 0 Å². The molecule has 0 aliphatic carbocycles. The lowest BCUT2D eigenvalue weighted by Gasteiger charge is -2.23. The first-order valence-electron chi connectivity index (χ1n) is 8.06. The maximum absolute atomic E-state index is 12.2. The normalized spacial score (nSPS) is 17.6. The lowest BCUT2D eigenvalue weighted by Crippen LogP contribution is -2.43. The number of nitrogens with one attached hydrogen (secondary N) is 3. The number of nitrogens with zero attached hydrogens (tertiary/aromatic N) is 1. The van der Waals surface area contributed by atoms with Crippen molar-refractivity contribution in [2.24, 2.45) is 0 Å². The summed E-state index contributed by atoms with van der Waals surface area (Å²) in [6.07, 6.45) is 2.24. The predicted octanol–water partition coefficient (Wildman–Crippen LogP) is 0.704. The highest BCUT2D eigenvalue weighted by Gasteiger charge is 2.17. The van der Waals surface area contributed by atoms with Crippen LogP contribution in [-0.4, -0.2) is 49.2 Å². The van der Waals surface area contributed by atoms with Crippen molar-refractivity contribution in [3.63, 3.8) is 0 Å². The molecule has 1 aliphatic heterocycles. The molecule has 0 bridgehead atoms. The second-order valence-corrected chi connectivity index (χ2v) is 5.87. The Morgan fingerprint density at radius 2 is 2.21 bits per heavy atom. The smallest absolute Gasteiger partial charge is 0.239 e. The molecule has 1 aromatic carbocycles. The molecule has 1 aromatic heterocycles. The van der Waals surface area contributed by atoms with Crippen LogP contribution in [0.4, 0.5) is 5.69 Å². The molecule has 128 valence electrons. The molecule has 1 fully saturated rings. The molecule has 2 heterocycles. The maximum Gasteiger partial charge on any atom is 0.239 e. The van der Waals surface area contributed by atoms with Gasteiger partial charge in [-0.3, -0.25) is 9.59 Å². The van der Waals surface area contributed by atoms with Crippen LogP contribution in [-0.2, 0) is 20.9 Å². The maximum atomic E-state index is 12.2. The molecule has 0 spiro atoms. The Bertz CT molecular complexity index is 735. The molecule has 7 nitrogen and oxygen atoms in total. The van der Waals surface area contributed by atoms with Crippen LogP contribution in [0.3, 0.4) is 0 Å². The van der Waals surface area contributed by atoms with Crippen molar-refractivity contribution in [2.75, 3.05) is 32.1 Å². The molecule has 1 unspecified atom stereocenters. The topological polar surface area (TPSA) is 84.4 Å². The summed E-state index contributed by atoms with van der Waals surface area (Å²) in [6.45, 7) is 2.27. The van der Waals surface area contributed by atoms with Crippen molar-refractivity contribution in [1.29, 1.82) is 0 Å². The van der Waals surface area contributed by atoms with Gasteiger partial charge in [-0.05, 0) is 23.6 Å². The van der Waals surface area contributed by atoms with Crippen molar-refractivity contribution >= 4 is 28.4 Å². The Morgan fingerprint density at radius 1 is 1.33 bits per heavy atom. The number of benzene rings is 1. The third kappa shape index (κ3) is 3.93. The number of carbonyl (C=O) groups excluding carboxylic acids is 2. The number of aromatic nitrogens is 1. The van der Waals surface area contributed by atoms with Crippen LogP contribution in [0.5, 0.6) is 0 Å². The van der Waals surface area contributed by atoms with E-state index in [1.807, 2.05) is 35.0 Å². The number of fused-ring (bicyclic) bond motifs is 1. The van der Waals surface area contributed by atoms with Gasteiger partial charge >= 0.3 is 0 Å². The first-order chi connectivity index (χ1) is 11.7. The molecular formula is C17H22N4O3. The van der Waals surface area contributed by atoms with Crippen molar-refractivity contribution in [1.82, 2.24) is 15.2 Å². The van der Waals surface area contributed by atoms with Gasteiger partial charge in [-0.15, -0.1) is 0 Å². The number of hydrogen-bond acceptors (Lipinski definition) is 4. The summed E-state index contributed by atoms with van der Waals surface area (Å²) in [4.78, 5) is 23.8. The number of anilines is 1. The van der Waals surface area contributed by atoms with Gasteiger partial charge in [0.1, 0.15) is 6.54 Å². The van der Waals surface area contributed by atoms with E-state index in [-0.39, 0.29) is 24.4 Å². The molecule has 2 aromatic rings. The van der Waals surface area contributed by atoms with Crippen molar-refractivity contribution in [2.45, 2.75) is 19.0 Å². The van der Waals surface area contributed by atoms with E-state index in [0.29, 0.717) is 19.6 Å². The van der Waals surface area contributed by atoms with Crippen molar-refractivity contribution in [3.05, 3.63) is 30.5 Å². The summed E-state index contributed by atoms with van der Waals surface area (Å²) >= 11 is 0. The van der Waals surface area contributed by atoms with E-state index < -0.39 is 0 Å². The lowest BCUT2D eigenvalue weighted by atomic mass is 10.2. The van der Waals surface area contributed by atoms with E-state index in [0.717, 1.165) is 23.1 Å². The van der Waals surface area contributed by atoms with Gasteiger partial charge in [0, 0.05) is 37.9 Å². The van der Waals surface area contributed by atoms with Gasteiger partial charge in [-0.25, -0.2) is 0 Å². The van der Waals surface area contributed by atoms with Gasteiger partial charge in [-0.2, -0.15) is 0 Å². The van der Waals surface area contributed by atoms with E-state index in [1.165, 1.54) is 0 Å². The highest BCUT2D eigenvalue weighted by atomic mass is 16.5. The minimum Gasteiger partial charge on any atom is -0.378 e. The Labute approximate surface area is 140 Å². The Kier molecular flexibility index (Phi) is 5.12. The van der Waals surface area contributed by atoms with Gasteiger partial charge in [-0.1, -0.05) is 6.07 Å². The average molecular weight is 330 g/mol. The van der Waals surface area contributed by atoms with Crippen LogP contribution < -0.4 is 16.0 Å². The van der Waals surface area contributed by atoms with E-state index >= 15 is 0 Å². The minimum absolute atomic E-state index is 0.0539. The summed E-state index contributed by atoms with van der Waals surface area (Å²) in [5.74, 6) is -0.118. The molecule has 3 rings (SSSR count). The molecule has 24 heavy (non-hydrogen) atoms. The summed E-state index contributed by atoms with van der Waals surface area (Å²) in [7, 11) is 1.61. The number of carbonyl (C=O) groups is 2. The Balaban J connectivity index is 1.68. The van der Waals surface area contributed by atoms with Crippen LogP contribution >= 0.6 is 0 Å². The molecule has 1 atom stereocenters. The number of morpholine rings is 1. The van der Waals surface area contributed by atoms with Gasteiger partial charge in [0.05, 0.1) is 18.7 Å². The first-order valence-corrected chi connectivity index (χ1v) is 8.06. The van der Waals surface area contributed by atoms with Crippen LogP contribution in [0.15, 0.2) is 30.5 Å². The third-order valence-corrected chi connectivity index (χ3v) is 4.08. The van der Waals surface area contributed by atoms with Crippen molar-refractivity contribution in [3.8, 4) is 0 Å². The molecule has 1 aliphatic rings. The molecule has 2 amide bonds. The monoisotopic (exact) mass is 330 g/mol. The number of ether oxygens (including phenoxy) is 1. The zero-order valence-electron chi connectivity index (χ0n) is 13.7. The molecule has 0 saturated carbocycles. The van der Waals surface area contributed by atoms with E-state index in [1.54, 1.807) is 7.05 Å². The summed E-state index contributed by atoms with van der Waals surface area (Å²) < 4.78 is 7.22. The molecule has 3 N–H and O–H groups in total. The Morgan fingerprint density at radius 3 is 2.96 bits per heavy atom. The van der Waals surface area contributed by atoms with Crippen LogP contribution in [0.2, 0.25) is 0 Å². The zero-order valence-corrected chi connectivity index (χ0v) is 13.7. The minimum atomic E-state index is -0.0645. The second kappa shape index (κ2) is 7.46. The van der Waals surface area contributed by atoms with Crippen LogP contribution in [0.25, 0.3) is 10.9 Å². The highest BCUT2D eigenvalue weighted by molar-refractivity contribution is 5.94. The fraction of sp³-hybridized carbons (Fsp3) is 0.412. The fourth-order valence-corrected chi connectivity index (χ4v) is 2.82. The summed E-state index contributed by atoms with van der Waals surface area (Å²) in [6, 6.07) is 7.70. The standard InChI is InChI=1S/C17H22N4O3/c1-18-17(23)10-21-6-4-12-2-3-13(8-15(12)21)20-16(22)9-14-11-24-7-5-19-14/h2-4,6,8,14,19H,5,7,9-11H2,1H3,(H,18,23)(H,20,22). The third-order valence-electron chi connectivity index (χ3n) is 4.08. The van der Waals surface area contributed by atoms with E-state index in [4.69, 9.17) is 4.74 Å². The predicted molar refractivity (Wildman–Crippen MR) is 91.9 cm³/mol. The zero-order chi connectivity index (χ0) is 16.9. The summed E-state index contributed by atoms with van der Waals surface area (Å²) in [5, 5.41) is 9.82. The van der Waals surface area contributed by atoms with Crippen LogP contribution in [0.1, 0.15) is 6.42 Å². The molecule has 1 saturated heterocycles. The van der Waals surface area contributed by atoms with Gasteiger partial charge < -0.3 is 25.3 Å². The largest absolute Gasteiger partial charge is 0.378 e. The first kappa shape index (κ1) is 16.5. The highest BCUT2D eigenvalue weighted by Crippen LogP contribution is 2.21. The lowest BCUT2D eigenvalue weighted by molar-refractivity contribution is -0.121. The molecule has 0 radical (unpaired) electrons. The summed E-state index contributed by atoms with van der Waals surface area (Å²) in [5.41, 5.74) is 1.64. The number of rotatable bonds is 5. The average Bonchev–Trinajstić information content (AvgIpc) is 2.98. The van der Waals surface area contributed by atoms with E-state index in [2.05, 4.69) is 16.0 Å². The van der Waals surface area contributed by atoms with E-state index in [9.17, 15) is 9.59 Å². The number of hydrogen-bond donors (Lipinski definition) is 3. The SMILES string of the molecule is CNC(=O)Cn1ccc2ccc(NC(=O)CC3COCCN3)cc21. The van der Waals surface area contributed by atoms with Crippen LogP contribution in [0, 0.1) is 0 Å². The van der Waals surface area contributed by atoms with Crippen molar-refractivity contribution < 1.29 is 14.3 Å². The van der Waals surface area contributed by atoms with Gasteiger partial charge in [0.15, 0.2) is 0 Å². The quantitative estimate of drug-likeness (QED) is 0.754. The second-order valence-electron chi connectivity index (χ2n) is 5.87. The number of amides is 2. The van der Waals surface area contributed by atoms with Gasteiger partial charge in [0.2, 0.25) is 11.8 Å².